The summed E-state index contributed by atoms with van der Waals surface area (Å²) in [6, 6.07) is 4.75. The molecule has 0 fully saturated rings. The number of allylic oxidation sites excluding steroid dienone is 1. The van der Waals surface area contributed by atoms with Crippen molar-refractivity contribution in [2.24, 2.45) is 0 Å². The number of hydrogen-bond donors (Lipinski definition) is 1. The molecule has 1 aliphatic carbocycles. The Hall–Kier alpha value is -0.310. The molecule has 1 N–H and O–H groups in total. The van der Waals surface area contributed by atoms with E-state index in [2.05, 4.69) is 24.4 Å². The maximum absolute atomic E-state index is 6.03. The number of hydrogen-bond acceptors (Lipinski definition) is 2. The summed E-state index contributed by atoms with van der Waals surface area (Å²) in [5.41, 5.74) is 1.66. The van der Waals surface area contributed by atoms with Crippen LogP contribution in [0.4, 0.5) is 0 Å². The Bertz CT molecular complexity index is 411. The van der Waals surface area contributed by atoms with Gasteiger partial charge >= 0.3 is 0 Å². The summed E-state index contributed by atoms with van der Waals surface area (Å²) in [5.74, 6) is 0. The largest absolute Gasteiger partial charge is 0.313 e. The van der Waals surface area contributed by atoms with Gasteiger partial charge in [-0.3, -0.25) is 0 Å². The van der Waals surface area contributed by atoms with Crippen molar-refractivity contribution in [1.29, 1.82) is 0 Å². The molecule has 0 amide bonds. The van der Waals surface area contributed by atoms with Crippen LogP contribution in [0.1, 0.15) is 50.3 Å². The lowest BCUT2D eigenvalue weighted by atomic mass is 9.93. The Balaban J connectivity index is 1.92. The van der Waals surface area contributed by atoms with E-state index < -0.39 is 0 Å². The van der Waals surface area contributed by atoms with Gasteiger partial charge in [0.05, 0.1) is 4.34 Å². The second kappa shape index (κ2) is 8.08. The van der Waals surface area contributed by atoms with Crippen LogP contribution in [0.3, 0.4) is 0 Å². The van der Waals surface area contributed by atoms with Crippen LogP contribution in [0.25, 0.3) is 0 Å². The fourth-order valence-corrected chi connectivity index (χ4v) is 3.84. The second-order valence-electron chi connectivity index (χ2n) is 5.37. The van der Waals surface area contributed by atoms with Crippen LogP contribution in [0.15, 0.2) is 23.8 Å². The Morgan fingerprint density at radius 2 is 2.21 bits per heavy atom. The zero-order valence-electron chi connectivity index (χ0n) is 11.8. The molecule has 106 valence electrons. The van der Waals surface area contributed by atoms with E-state index in [0.717, 1.165) is 17.3 Å². The molecule has 0 aromatic carbocycles. The average Bonchev–Trinajstić information content (AvgIpc) is 2.82. The Kier molecular flexibility index (Phi) is 6.42. The van der Waals surface area contributed by atoms with E-state index in [1.165, 1.54) is 43.4 Å². The fourth-order valence-electron chi connectivity index (χ4n) is 2.68. The Morgan fingerprint density at radius 3 is 2.84 bits per heavy atom. The number of nitrogens with one attached hydrogen (secondary N) is 1. The molecule has 0 spiro atoms. The lowest BCUT2D eigenvalue weighted by Crippen LogP contribution is -2.32. The molecule has 0 aliphatic heterocycles. The van der Waals surface area contributed by atoms with Gasteiger partial charge in [0.25, 0.3) is 0 Å². The molecular formula is C16H24ClNS. The minimum atomic E-state index is 0.569. The lowest BCUT2D eigenvalue weighted by molar-refractivity contribution is 0.493. The van der Waals surface area contributed by atoms with E-state index in [-0.39, 0.29) is 0 Å². The van der Waals surface area contributed by atoms with Gasteiger partial charge in [0.1, 0.15) is 0 Å². The Labute approximate surface area is 126 Å². The van der Waals surface area contributed by atoms with E-state index in [1.807, 2.05) is 6.07 Å². The number of thiophene rings is 1. The molecule has 1 aromatic rings. The van der Waals surface area contributed by atoms with Crippen molar-refractivity contribution in [3.8, 4) is 0 Å². The first-order chi connectivity index (χ1) is 9.28. The smallest absolute Gasteiger partial charge is 0.0931 e. The lowest BCUT2D eigenvalue weighted by Gasteiger charge is -2.21. The molecule has 1 aliphatic rings. The predicted molar refractivity (Wildman–Crippen MR) is 86.3 cm³/mol. The second-order valence-corrected chi connectivity index (χ2v) is 7.17. The van der Waals surface area contributed by atoms with Crippen LogP contribution < -0.4 is 5.32 Å². The SMILES string of the molecule is CCCNC(CC1=CCCCC1)Cc1ccc(Cl)s1. The summed E-state index contributed by atoms with van der Waals surface area (Å²) in [6.45, 7) is 3.34. The van der Waals surface area contributed by atoms with Crippen LogP contribution in [-0.2, 0) is 6.42 Å². The molecule has 1 heterocycles. The molecule has 1 atom stereocenters. The van der Waals surface area contributed by atoms with Crippen molar-refractivity contribution in [2.75, 3.05) is 6.54 Å². The zero-order chi connectivity index (χ0) is 13.5. The normalized spacial score (nSPS) is 17.3. The first-order valence-electron chi connectivity index (χ1n) is 7.43. The summed E-state index contributed by atoms with van der Waals surface area (Å²) >= 11 is 7.74. The van der Waals surface area contributed by atoms with E-state index in [0.29, 0.717) is 6.04 Å². The van der Waals surface area contributed by atoms with E-state index in [4.69, 9.17) is 11.6 Å². The van der Waals surface area contributed by atoms with E-state index in [9.17, 15) is 0 Å². The molecule has 19 heavy (non-hydrogen) atoms. The summed E-state index contributed by atoms with van der Waals surface area (Å²) in [4.78, 5) is 1.40. The van der Waals surface area contributed by atoms with E-state index in [1.54, 1.807) is 16.9 Å². The van der Waals surface area contributed by atoms with Crippen LogP contribution in [-0.4, -0.2) is 12.6 Å². The maximum atomic E-state index is 6.03. The molecule has 0 bridgehead atoms. The highest BCUT2D eigenvalue weighted by molar-refractivity contribution is 7.16. The van der Waals surface area contributed by atoms with E-state index >= 15 is 0 Å². The van der Waals surface area contributed by atoms with Gasteiger partial charge in [0.15, 0.2) is 0 Å². The van der Waals surface area contributed by atoms with Crippen molar-refractivity contribution >= 4 is 22.9 Å². The minimum Gasteiger partial charge on any atom is -0.313 e. The van der Waals surface area contributed by atoms with Crippen molar-refractivity contribution in [3.05, 3.63) is 33.0 Å². The monoisotopic (exact) mass is 297 g/mol. The van der Waals surface area contributed by atoms with Gasteiger partial charge in [-0.05, 0) is 63.6 Å². The summed E-state index contributed by atoms with van der Waals surface area (Å²) in [5, 5.41) is 3.70. The average molecular weight is 298 g/mol. The molecule has 1 aromatic heterocycles. The van der Waals surface area contributed by atoms with Gasteiger partial charge in [0, 0.05) is 10.9 Å². The highest BCUT2D eigenvalue weighted by Crippen LogP contribution is 2.26. The standard InChI is InChI=1S/C16H24ClNS/c1-2-10-18-14(11-13-6-4-3-5-7-13)12-15-8-9-16(17)19-15/h6,8-9,14,18H,2-5,7,10-12H2,1H3. The number of rotatable bonds is 7. The molecular weight excluding hydrogens is 274 g/mol. The third-order valence-corrected chi connectivity index (χ3v) is 4.91. The Morgan fingerprint density at radius 1 is 1.32 bits per heavy atom. The van der Waals surface area contributed by atoms with Crippen LogP contribution in [0, 0.1) is 0 Å². The molecule has 2 rings (SSSR count). The first-order valence-corrected chi connectivity index (χ1v) is 8.63. The maximum Gasteiger partial charge on any atom is 0.0931 e. The molecule has 0 saturated heterocycles. The highest BCUT2D eigenvalue weighted by atomic mass is 35.5. The van der Waals surface area contributed by atoms with Crippen molar-refractivity contribution in [3.63, 3.8) is 0 Å². The summed E-state index contributed by atoms with van der Waals surface area (Å²) in [6.07, 6.45) is 11.3. The van der Waals surface area contributed by atoms with Crippen molar-refractivity contribution in [1.82, 2.24) is 5.32 Å². The highest BCUT2D eigenvalue weighted by Gasteiger charge is 2.14. The summed E-state index contributed by atoms with van der Waals surface area (Å²) < 4.78 is 0.904. The van der Waals surface area contributed by atoms with Crippen molar-refractivity contribution < 1.29 is 0 Å². The first kappa shape index (κ1) is 15.1. The third-order valence-electron chi connectivity index (χ3n) is 3.65. The van der Waals surface area contributed by atoms with Crippen molar-refractivity contribution in [2.45, 2.75) is 57.9 Å². The third kappa shape index (κ3) is 5.29. The minimum absolute atomic E-state index is 0.569. The molecule has 0 radical (unpaired) electrons. The zero-order valence-corrected chi connectivity index (χ0v) is 13.3. The molecule has 1 nitrogen and oxygen atoms in total. The van der Waals surface area contributed by atoms with Gasteiger partial charge < -0.3 is 5.32 Å². The molecule has 3 heteroatoms. The molecule has 0 saturated carbocycles. The van der Waals surface area contributed by atoms with Gasteiger partial charge in [0.2, 0.25) is 0 Å². The van der Waals surface area contributed by atoms with Crippen LogP contribution in [0.5, 0.6) is 0 Å². The van der Waals surface area contributed by atoms with Gasteiger partial charge in [-0.15, -0.1) is 11.3 Å². The fraction of sp³-hybridized carbons (Fsp3) is 0.625. The predicted octanol–water partition coefficient (Wildman–Crippen LogP) is 5.20. The van der Waals surface area contributed by atoms with Gasteiger partial charge in [-0.25, -0.2) is 0 Å². The van der Waals surface area contributed by atoms with Gasteiger partial charge in [-0.2, -0.15) is 0 Å². The van der Waals surface area contributed by atoms with Crippen LogP contribution >= 0.6 is 22.9 Å². The summed E-state index contributed by atoms with van der Waals surface area (Å²) in [7, 11) is 0. The quantitative estimate of drug-likeness (QED) is 0.682. The molecule has 1 unspecified atom stereocenters. The van der Waals surface area contributed by atoms with Gasteiger partial charge in [-0.1, -0.05) is 30.2 Å². The van der Waals surface area contributed by atoms with Crippen LogP contribution in [0.2, 0.25) is 4.34 Å². The number of halogens is 1. The topological polar surface area (TPSA) is 12.0 Å².